The van der Waals surface area contributed by atoms with Gasteiger partial charge in [-0.1, -0.05) is 6.07 Å². The summed E-state index contributed by atoms with van der Waals surface area (Å²) in [6.45, 7) is 0.339. The Labute approximate surface area is 141 Å². The van der Waals surface area contributed by atoms with Crippen LogP contribution in [0.25, 0.3) is 11.5 Å². The largest absolute Gasteiger partial charge is 0.415 e. The molecule has 25 heavy (non-hydrogen) atoms. The van der Waals surface area contributed by atoms with E-state index < -0.39 is 12.3 Å². The minimum atomic E-state index is -2.81. The molecular formula is C17H14F2N4O2. The molecule has 8 heteroatoms. The van der Waals surface area contributed by atoms with Gasteiger partial charge in [0.15, 0.2) is 0 Å². The highest BCUT2D eigenvalue weighted by Gasteiger charge is 2.24. The SMILES string of the molecule is O=c1ccc(C2CC2)cn1Cc1ccc(-c2nnc(C(F)F)o2)cn1. The molecule has 128 valence electrons. The lowest BCUT2D eigenvalue weighted by Crippen LogP contribution is -2.20. The molecule has 0 aliphatic heterocycles. The molecule has 1 aliphatic carbocycles. The highest BCUT2D eigenvalue weighted by Crippen LogP contribution is 2.39. The molecule has 0 bridgehead atoms. The van der Waals surface area contributed by atoms with Crippen LogP contribution >= 0.6 is 0 Å². The minimum absolute atomic E-state index is 0.0118. The lowest BCUT2D eigenvalue weighted by molar-refractivity contribution is 0.116. The van der Waals surface area contributed by atoms with Crippen LogP contribution in [-0.2, 0) is 6.54 Å². The lowest BCUT2D eigenvalue weighted by Gasteiger charge is -2.07. The van der Waals surface area contributed by atoms with Crippen molar-refractivity contribution in [3.63, 3.8) is 0 Å². The van der Waals surface area contributed by atoms with Gasteiger partial charge in [0.2, 0.25) is 5.89 Å². The first kappa shape index (κ1) is 15.6. The van der Waals surface area contributed by atoms with E-state index in [1.165, 1.54) is 11.8 Å². The Bertz CT molecular complexity index is 946. The van der Waals surface area contributed by atoms with Gasteiger partial charge in [-0.05, 0) is 36.5 Å². The van der Waals surface area contributed by atoms with Crippen LogP contribution in [0.1, 0.15) is 42.3 Å². The maximum Gasteiger partial charge on any atom is 0.314 e. The van der Waals surface area contributed by atoms with Gasteiger partial charge in [0.1, 0.15) is 0 Å². The second-order valence-electron chi connectivity index (χ2n) is 5.99. The zero-order valence-electron chi connectivity index (χ0n) is 13.1. The van der Waals surface area contributed by atoms with Gasteiger partial charge in [-0.25, -0.2) is 0 Å². The molecule has 0 amide bonds. The Morgan fingerprint density at radius 3 is 2.68 bits per heavy atom. The summed E-state index contributed by atoms with van der Waals surface area (Å²) in [4.78, 5) is 16.3. The van der Waals surface area contributed by atoms with E-state index in [-0.39, 0.29) is 11.4 Å². The maximum absolute atomic E-state index is 12.5. The van der Waals surface area contributed by atoms with Gasteiger partial charge in [0.05, 0.1) is 17.8 Å². The fourth-order valence-corrected chi connectivity index (χ4v) is 2.59. The van der Waals surface area contributed by atoms with Crippen molar-refractivity contribution in [3.05, 3.63) is 64.2 Å². The number of rotatable bonds is 5. The van der Waals surface area contributed by atoms with Crippen LogP contribution in [0.15, 0.2) is 45.9 Å². The molecule has 0 unspecified atom stereocenters. The van der Waals surface area contributed by atoms with E-state index in [0.29, 0.717) is 23.7 Å². The van der Waals surface area contributed by atoms with Crippen LogP contribution in [0, 0.1) is 0 Å². The van der Waals surface area contributed by atoms with E-state index >= 15 is 0 Å². The summed E-state index contributed by atoms with van der Waals surface area (Å²) in [5.41, 5.74) is 2.20. The molecule has 6 nitrogen and oxygen atoms in total. The summed E-state index contributed by atoms with van der Waals surface area (Å²) in [5, 5.41) is 6.87. The van der Waals surface area contributed by atoms with Crippen molar-refractivity contribution in [2.75, 3.05) is 0 Å². The number of pyridine rings is 2. The van der Waals surface area contributed by atoms with Crippen LogP contribution in [0.2, 0.25) is 0 Å². The van der Waals surface area contributed by atoms with E-state index in [0.717, 1.165) is 12.8 Å². The van der Waals surface area contributed by atoms with Crippen LogP contribution in [0.4, 0.5) is 8.78 Å². The summed E-state index contributed by atoms with van der Waals surface area (Å²) in [5.74, 6) is -0.173. The third-order valence-corrected chi connectivity index (χ3v) is 4.09. The molecule has 3 heterocycles. The first-order chi connectivity index (χ1) is 12.1. The van der Waals surface area contributed by atoms with Crippen molar-refractivity contribution in [1.29, 1.82) is 0 Å². The quantitative estimate of drug-likeness (QED) is 0.711. The standard InChI is InChI=1S/C17H14F2N4O2/c18-15(19)17-22-21-16(25-17)11-3-5-13(20-7-11)9-23-8-12(10-1-2-10)4-6-14(23)24/h3-8,10,15H,1-2,9H2. The Morgan fingerprint density at radius 1 is 1.20 bits per heavy atom. The Morgan fingerprint density at radius 2 is 2.04 bits per heavy atom. The van der Waals surface area contributed by atoms with E-state index in [1.807, 2.05) is 12.3 Å². The predicted octanol–water partition coefficient (Wildman–Crippen LogP) is 3.16. The Hall–Kier alpha value is -2.90. The molecule has 1 aliphatic rings. The number of hydrogen-bond donors (Lipinski definition) is 0. The van der Waals surface area contributed by atoms with Crippen LogP contribution in [0.3, 0.4) is 0 Å². The first-order valence-corrected chi connectivity index (χ1v) is 7.87. The van der Waals surface area contributed by atoms with E-state index in [9.17, 15) is 13.6 Å². The molecular weight excluding hydrogens is 330 g/mol. The smallest absolute Gasteiger partial charge is 0.314 e. The average molecular weight is 344 g/mol. The summed E-state index contributed by atoms with van der Waals surface area (Å²) in [6, 6.07) is 6.81. The fourth-order valence-electron chi connectivity index (χ4n) is 2.59. The topological polar surface area (TPSA) is 73.8 Å². The van der Waals surface area contributed by atoms with Gasteiger partial charge in [0.25, 0.3) is 11.4 Å². The summed E-state index contributed by atoms with van der Waals surface area (Å²) in [7, 11) is 0. The molecule has 0 radical (unpaired) electrons. The molecule has 4 rings (SSSR count). The molecule has 0 saturated heterocycles. The second-order valence-corrected chi connectivity index (χ2v) is 5.99. The first-order valence-electron chi connectivity index (χ1n) is 7.87. The predicted molar refractivity (Wildman–Crippen MR) is 84.3 cm³/mol. The van der Waals surface area contributed by atoms with Crippen molar-refractivity contribution in [3.8, 4) is 11.5 Å². The average Bonchev–Trinajstić information content (AvgIpc) is 3.33. The van der Waals surface area contributed by atoms with Crippen molar-refractivity contribution in [2.24, 2.45) is 0 Å². The molecule has 3 aromatic heterocycles. The summed E-state index contributed by atoms with van der Waals surface area (Å²) >= 11 is 0. The van der Waals surface area contributed by atoms with Gasteiger partial charge >= 0.3 is 6.43 Å². The van der Waals surface area contributed by atoms with Gasteiger partial charge in [-0.2, -0.15) is 8.78 Å². The third kappa shape index (κ3) is 3.33. The monoisotopic (exact) mass is 344 g/mol. The fraction of sp³-hybridized carbons (Fsp3) is 0.294. The zero-order chi connectivity index (χ0) is 17.4. The number of hydrogen-bond acceptors (Lipinski definition) is 5. The Kier molecular flexibility index (Phi) is 3.87. The van der Waals surface area contributed by atoms with E-state index in [4.69, 9.17) is 4.42 Å². The van der Waals surface area contributed by atoms with Gasteiger partial charge in [-0.3, -0.25) is 9.78 Å². The third-order valence-electron chi connectivity index (χ3n) is 4.09. The number of alkyl halides is 2. The highest BCUT2D eigenvalue weighted by molar-refractivity contribution is 5.50. The van der Waals surface area contributed by atoms with Gasteiger partial charge in [0, 0.05) is 18.5 Å². The molecule has 1 fully saturated rings. The summed E-state index contributed by atoms with van der Waals surface area (Å²) < 4.78 is 31.5. The molecule has 0 N–H and O–H groups in total. The molecule has 0 aromatic carbocycles. The highest BCUT2D eigenvalue weighted by atomic mass is 19.3. The normalized spacial score (nSPS) is 14.2. The van der Waals surface area contributed by atoms with Crippen molar-refractivity contribution >= 4 is 0 Å². The van der Waals surface area contributed by atoms with E-state index in [1.54, 1.807) is 22.8 Å². The van der Waals surface area contributed by atoms with Crippen molar-refractivity contribution in [1.82, 2.24) is 19.7 Å². The number of halogens is 2. The maximum atomic E-state index is 12.5. The molecule has 0 atom stereocenters. The van der Waals surface area contributed by atoms with Crippen LogP contribution in [0.5, 0.6) is 0 Å². The van der Waals surface area contributed by atoms with Gasteiger partial charge in [-0.15, -0.1) is 10.2 Å². The Balaban J connectivity index is 1.54. The molecule has 0 spiro atoms. The zero-order valence-corrected chi connectivity index (χ0v) is 13.1. The minimum Gasteiger partial charge on any atom is -0.415 e. The molecule has 1 saturated carbocycles. The number of nitrogens with zero attached hydrogens (tertiary/aromatic N) is 4. The lowest BCUT2D eigenvalue weighted by atomic mass is 10.2. The van der Waals surface area contributed by atoms with Crippen molar-refractivity contribution in [2.45, 2.75) is 31.7 Å². The van der Waals surface area contributed by atoms with Crippen LogP contribution in [-0.4, -0.2) is 19.7 Å². The second kappa shape index (κ2) is 6.19. The van der Waals surface area contributed by atoms with Crippen LogP contribution < -0.4 is 5.56 Å². The van der Waals surface area contributed by atoms with Crippen molar-refractivity contribution < 1.29 is 13.2 Å². The number of aromatic nitrogens is 4. The molecule has 3 aromatic rings. The van der Waals surface area contributed by atoms with Gasteiger partial charge < -0.3 is 8.98 Å². The summed E-state index contributed by atoms with van der Waals surface area (Å²) in [6.07, 6.45) is 2.86. The van der Waals surface area contributed by atoms with E-state index in [2.05, 4.69) is 15.2 Å².